The lowest BCUT2D eigenvalue weighted by molar-refractivity contribution is 0.161. The van der Waals surface area contributed by atoms with Gasteiger partial charge in [-0.2, -0.15) is 0 Å². The molecular weight excluding hydrogens is 278 g/mol. The molecular formula is C17H31N3S. The van der Waals surface area contributed by atoms with E-state index in [9.17, 15) is 0 Å². The molecule has 2 rings (SSSR count). The minimum atomic E-state index is 0.159. The third-order valence-electron chi connectivity index (χ3n) is 4.34. The fourth-order valence-electron chi connectivity index (χ4n) is 2.76. The van der Waals surface area contributed by atoms with Crippen molar-refractivity contribution < 1.29 is 0 Å². The van der Waals surface area contributed by atoms with Crippen molar-refractivity contribution in [2.24, 2.45) is 5.92 Å². The quantitative estimate of drug-likeness (QED) is 0.900. The molecule has 0 aliphatic carbocycles. The third kappa shape index (κ3) is 5.04. The molecule has 0 saturated carbocycles. The van der Waals surface area contributed by atoms with E-state index in [1.807, 2.05) is 11.3 Å². The van der Waals surface area contributed by atoms with Gasteiger partial charge in [-0.05, 0) is 45.7 Å². The van der Waals surface area contributed by atoms with Gasteiger partial charge in [0.25, 0.3) is 0 Å². The number of thiazole rings is 1. The van der Waals surface area contributed by atoms with Gasteiger partial charge < -0.3 is 5.32 Å². The summed E-state index contributed by atoms with van der Waals surface area (Å²) in [5.74, 6) is 0.843. The van der Waals surface area contributed by atoms with Crippen LogP contribution in [0.2, 0.25) is 0 Å². The molecule has 21 heavy (non-hydrogen) atoms. The molecule has 2 heterocycles. The molecule has 1 aliphatic rings. The normalized spacial score (nSPS) is 17.9. The number of piperidine rings is 1. The van der Waals surface area contributed by atoms with Crippen molar-refractivity contribution in [1.82, 2.24) is 15.2 Å². The fourth-order valence-corrected chi connectivity index (χ4v) is 3.80. The van der Waals surface area contributed by atoms with E-state index in [0.717, 1.165) is 12.5 Å². The Morgan fingerprint density at radius 2 is 2.00 bits per heavy atom. The Balaban J connectivity index is 1.97. The van der Waals surface area contributed by atoms with Crippen molar-refractivity contribution in [1.29, 1.82) is 0 Å². The molecule has 1 aliphatic heterocycles. The molecule has 0 aromatic carbocycles. The van der Waals surface area contributed by atoms with Gasteiger partial charge in [0.1, 0.15) is 5.01 Å². The first kappa shape index (κ1) is 16.9. The second-order valence-corrected chi connectivity index (χ2v) is 8.54. The fraction of sp³-hybridized carbons (Fsp3) is 0.824. The Labute approximate surface area is 134 Å². The number of aromatic nitrogens is 1. The number of nitrogens with zero attached hydrogens (tertiary/aromatic N) is 2. The Morgan fingerprint density at radius 3 is 2.52 bits per heavy atom. The molecule has 0 bridgehead atoms. The van der Waals surface area contributed by atoms with Crippen molar-refractivity contribution in [3.05, 3.63) is 16.1 Å². The molecule has 0 radical (unpaired) electrons. The maximum atomic E-state index is 4.86. The van der Waals surface area contributed by atoms with Crippen LogP contribution in [0.15, 0.2) is 5.38 Å². The van der Waals surface area contributed by atoms with Crippen LogP contribution in [-0.4, -0.2) is 35.6 Å². The van der Waals surface area contributed by atoms with Crippen LogP contribution in [0.4, 0.5) is 0 Å². The van der Waals surface area contributed by atoms with Crippen molar-refractivity contribution in [3.63, 3.8) is 0 Å². The molecule has 0 unspecified atom stereocenters. The highest BCUT2D eigenvalue weighted by atomic mass is 32.1. The Kier molecular flexibility index (Phi) is 5.81. The van der Waals surface area contributed by atoms with Crippen LogP contribution in [-0.2, 0) is 12.0 Å². The van der Waals surface area contributed by atoms with E-state index >= 15 is 0 Å². The second kappa shape index (κ2) is 7.21. The predicted octanol–water partition coefficient (Wildman–Crippen LogP) is 3.65. The van der Waals surface area contributed by atoms with Crippen LogP contribution in [0.25, 0.3) is 0 Å². The molecule has 120 valence electrons. The van der Waals surface area contributed by atoms with E-state index in [1.165, 1.54) is 43.2 Å². The first-order valence-corrected chi connectivity index (χ1v) is 9.14. The first-order valence-electron chi connectivity index (χ1n) is 8.26. The summed E-state index contributed by atoms with van der Waals surface area (Å²) in [4.78, 5) is 7.46. The SMILES string of the molecule is CC(C)N(Cc1nc(C(C)(C)C)cs1)CC1CCNCC1. The average molecular weight is 310 g/mol. The Hall–Kier alpha value is -0.450. The van der Waals surface area contributed by atoms with E-state index < -0.39 is 0 Å². The molecule has 1 fully saturated rings. The van der Waals surface area contributed by atoms with Crippen LogP contribution in [0, 0.1) is 5.92 Å². The van der Waals surface area contributed by atoms with Gasteiger partial charge in [-0.3, -0.25) is 4.90 Å². The maximum absolute atomic E-state index is 4.86. The van der Waals surface area contributed by atoms with E-state index in [-0.39, 0.29) is 5.41 Å². The highest BCUT2D eigenvalue weighted by molar-refractivity contribution is 7.09. The molecule has 4 heteroatoms. The summed E-state index contributed by atoms with van der Waals surface area (Å²) in [6, 6.07) is 0.585. The zero-order valence-corrected chi connectivity index (χ0v) is 15.1. The van der Waals surface area contributed by atoms with Gasteiger partial charge in [-0.15, -0.1) is 11.3 Å². The van der Waals surface area contributed by atoms with Gasteiger partial charge in [0.05, 0.1) is 12.2 Å². The summed E-state index contributed by atoms with van der Waals surface area (Å²) < 4.78 is 0. The van der Waals surface area contributed by atoms with Gasteiger partial charge in [0.15, 0.2) is 0 Å². The molecule has 0 spiro atoms. The van der Waals surface area contributed by atoms with Gasteiger partial charge in [0, 0.05) is 23.4 Å². The minimum absolute atomic E-state index is 0.159. The third-order valence-corrected chi connectivity index (χ3v) is 5.17. The maximum Gasteiger partial charge on any atom is 0.107 e. The average Bonchev–Trinajstić information content (AvgIpc) is 2.87. The monoisotopic (exact) mass is 309 g/mol. The van der Waals surface area contributed by atoms with E-state index in [0.29, 0.717) is 6.04 Å². The number of rotatable bonds is 5. The molecule has 0 amide bonds. The van der Waals surface area contributed by atoms with Crippen LogP contribution in [0.3, 0.4) is 0 Å². The first-order chi connectivity index (χ1) is 9.86. The minimum Gasteiger partial charge on any atom is -0.317 e. The van der Waals surface area contributed by atoms with Gasteiger partial charge >= 0.3 is 0 Å². The van der Waals surface area contributed by atoms with Crippen LogP contribution in [0.5, 0.6) is 0 Å². The summed E-state index contributed by atoms with van der Waals surface area (Å²) in [7, 11) is 0. The summed E-state index contributed by atoms with van der Waals surface area (Å²) in [5.41, 5.74) is 1.39. The molecule has 3 nitrogen and oxygen atoms in total. The Morgan fingerprint density at radius 1 is 1.33 bits per heavy atom. The highest BCUT2D eigenvalue weighted by Gasteiger charge is 2.22. The molecule has 1 aromatic heterocycles. The standard InChI is InChI=1S/C17H31N3S/c1-13(2)20(10-14-6-8-18-9-7-14)11-16-19-15(12-21-16)17(3,4)5/h12-14,18H,6-11H2,1-5H3. The molecule has 1 saturated heterocycles. The lowest BCUT2D eigenvalue weighted by atomic mass is 9.93. The van der Waals surface area contributed by atoms with Crippen molar-refractivity contribution in [2.45, 2.75) is 65.5 Å². The predicted molar refractivity (Wildman–Crippen MR) is 92.0 cm³/mol. The summed E-state index contributed by atoms with van der Waals surface area (Å²) in [6.07, 6.45) is 2.63. The van der Waals surface area contributed by atoms with Crippen LogP contribution < -0.4 is 5.32 Å². The van der Waals surface area contributed by atoms with Gasteiger partial charge in [-0.25, -0.2) is 4.98 Å². The van der Waals surface area contributed by atoms with Gasteiger partial charge in [-0.1, -0.05) is 20.8 Å². The van der Waals surface area contributed by atoms with Crippen LogP contribution in [0.1, 0.15) is 58.2 Å². The summed E-state index contributed by atoms with van der Waals surface area (Å²) >= 11 is 1.82. The number of nitrogens with one attached hydrogen (secondary N) is 1. The topological polar surface area (TPSA) is 28.2 Å². The zero-order chi connectivity index (χ0) is 15.5. The molecule has 1 N–H and O–H groups in total. The van der Waals surface area contributed by atoms with E-state index in [4.69, 9.17) is 4.98 Å². The summed E-state index contributed by atoms with van der Waals surface area (Å²) in [6.45, 7) is 15.9. The second-order valence-electron chi connectivity index (χ2n) is 7.59. The van der Waals surface area contributed by atoms with Crippen molar-refractivity contribution in [3.8, 4) is 0 Å². The Bertz CT molecular complexity index is 427. The van der Waals surface area contributed by atoms with E-state index in [2.05, 4.69) is 50.2 Å². The summed E-state index contributed by atoms with van der Waals surface area (Å²) in [5, 5.41) is 6.96. The van der Waals surface area contributed by atoms with Crippen molar-refractivity contribution in [2.75, 3.05) is 19.6 Å². The van der Waals surface area contributed by atoms with Crippen LogP contribution >= 0.6 is 11.3 Å². The van der Waals surface area contributed by atoms with Crippen molar-refractivity contribution >= 4 is 11.3 Å². The molecule has 1 aromatic rings. The van der Waals surface area contributed by atoms with Gasteiger partial charge in [0.2, 0.25) is 0 Å². The number of hydrogen-bond acceptors (Lipinski definition) is 4. The lowest BCUT2D eigenvalue weighted by Crippen LogP contribution is -2.39. The lowest BCUT2D eigenvalue weighted by Gasteiger charge is -2.32. The molecule has 0 atom stereocenters. The van der Waals surface area contributed by atoms with E-state index in [1.54, 1.807) is 0 Å². The highest BCUT2D eigenvalue weighted by Crippen LogP contribution is 2.25. The smallest absolute Gasteiger partial charge is 0.107 e. The number of hydrogen-bond donors (Lipinski definition) is 1. The largest absolute Gasteiger partial charge is 0.317 e. The zero-order valence-electron chi connectivity index (χ0n) is 14.3.